The van der Waals surface area contributed by atoms with Crippen LogP contribution in [0.1, 0.15) is 29.9 Å². The lowest BCUT2D eigenvalue weighted by molar-refractivity contribution is -0.121. The van der Waals surface area contributed by atoms with Gasteiger partial charge < -0.3 is 15.8 Å². The Hall–Kier alpha value is -5.12. The number of pyridine rings is 1. The predicted octanol–water partition coefficient (Wildman–Crippen LogP) is 5.40. The van der Waals surface area contributed by atoms with E-state index in [9.17, 15) is 27.0 Å². The molecule has 2 unspecified atom stereocenters. The van der Waals surface area contributed by atoms with E-state index in [1.54, 1.807) is 6.07 Å². The van der Waals surface area contributed by atoms with Crippen LogP contribution in [-0.2, 0) is 22.2 Å². The van der Waals surface area contributed by atoms with Crippen molar-refractivity contribution < 1.29 is 26.9 Å². The SMILES string of the molecule is CNc1c(-n2c(C(N)Cc3cc(F)cc(F)c3)nc3nc(Oc4ccccc4F)ccc3c2=O)ccc(Cl)c1C(=N)N(C(C)=O)S(C)=O. The highest BCUT2D eigenvalue weighted by Crippen LogP contribution is 2.34. The van der Waals surface area contributed by atoms with Crippen LogP contribution in [0.25, 0.3) is 16.7 Å². The van der Waals surface area contributed by atoms with Crippen molar-refractivity contribution >= 4 is 51.1 Å². The molecule has 0 radical (unpaired) electrons. The zero-order valence-corrected chi connectivity index (χ0v) is 27.1. The van der Waals surface area contributed by atoms with Crippen LogP contribution in [-0.4, -0.2) is 48.1 Å². The Morgan fingerprint density at radius 1 is 1.10 bits per heavy atom. The number of nitrogens with zero attached hydrogens (tertiary/aromatic N) is 4. The first-order chi connectivity index (χ1) is 22.8. The highest BCUT2D eigenvalue weighted by molar-refractivity contribution is 7.83. The van der Waals surface area contributed by atoms with Gasteiger partial charge in [-0.15, -0.1) is 0 Å². The summed E-state index contributed by atoms with van der Waals surface area (Å²) in [4.78, 5) is 35.5. The van der Waals surface area contributed by atoms with Gasteiger partial charge in [-0.3, -0.25) is 19.6 Å². The molecule has 2 atom stereocenters. The number of hydrogen-bond acceptors (Lipinski definition) is 9. The summed E-state index contributed by atoms with van der Waals surface area (Å²) in [6.45, 7) is 1.13. The molecule has 16 heteroatoms. The van der Waals surface area contributed by atoms with Crippen molar-refractivity contribution in [1.29, 1.82) is 5.41 Å². The van der Waals surface area contributed by atoms with Gasteiger partial charge in [0.2, 0.25) is 11.8 Å². The van der Waals surface area contributed by atoms with Gasteiger partial charge in [0.1, 0.15) is 28.4 Å². The van der Waals surface area contributed by atoms with E-state index in [1.807, 2.05) is 0 Å². The molecule has 2 heterocycles. The van der Waals surface area contributed by atoms with Crippen LogP contribution in [0.2, 0.25) is 5.02 Å². The summed E-state index contributed by atoms with van der Waals surface area (Å²) < 4.78 is 62.4. The molecule has 0 aliphatic heterocycles. The number of benzene rings is 3. The van der Waals surface area contributed by atoms with E-state index in [0.717, 1.165) is 27.9 Å². The van der Waals surface area contributed by atoms with Gasteiger partial charge >= 0.3 is 0 Å². The van der Waals surface area contributed by atoms with Gasteiger partial charge in [-0.05, 0) is 54.4 Å². The molecule has 0 saturated carbocycles. The molecule has 0 aliphatic carbocycles. The second-order valence-corrected chi connectivity index (χ2v) is 12.0. The van der Waals surface area contributed by atoms with Crippen LogP contribution in [0.4, 0.5) is 18.9 Å². The third-order valence-electron chi connectivity index (χ3n) is 7.10. The number of nitrogens with two attached hydrogens (primary N) is 1. The molecule has 48 heavy (non-hydrogen) atoms. The van der Waals surface area contributed by atoms with Crippen molar-refractivity contribution in [1.82, 2.24) is 18.8 Å². The summed E-state index contributed by atoms with van der Waals surface area (Å²) in [5.41, 5.74) is 6.03. The molecule has 11 nitrogen and oxygen atoms in total. The fraction of sp³-hybridized carbons (Fsp3) is 0.156. The normalized spacial score (nSPS) is 12.4. The van der Waals surface area contributed by atoms with Gasteiger partial charge in [-0.2, -0.15) is 4.98 Å². The Bertz CT molecular complexity index is 2150. The number of carbonyl (C=O) groups is 1. The van der Waals surface area contributed by atoms with E-state index in [4.69, 9.17) is 27.5 Å². The molecule has 0 aliphatic rings. The molecule has 0 fully saturated rings. The lowest BCUT2D eigenvalue weighted by atomic mass is 10.0. The molecular weight excluding hydrogens is 671 g/mol. The number of aromatic nitrogens is 3. The van der Waals surface area contributed by atoms with Gasteiger partial charge in [-0.25, -0.2) is 26.7 Å². The number of nitrogens with one attached hydrogen (secondary N) is 2. The topological polar surface area (TPSA) is 156 Å². The minimum Gasteiger partial charge on any atom is -0.436 e. The Morgan fingerprint density at radius 2 is 1.79 bits per heavy atom. The minimum atomic E-state index is -1.95. The van der Waals surface area contributed by atoms with Crippen molar-refractivity contribution in [3.05, 3.63) is 117 Å². The number of carbonyl (C=O) groups excluding carboxylic acids is 1. The molecule has 248 valence electrons. The van der Waals surface area contributed by atoms with E-state index in [0.29, 0.717) is 6.07 Å². The van der Waals surface area contributed by atoms with E-state index in [-0.39, 0.29) is 62.4 Å². The predicted molar refractivity (Wildman–Crippen MR) is 177 cm³/mol. The molecule has 2 aromatic heterocycles. The maximum atomic E-state index is 14.3. The number of halogens is 4. The van der Waals surface area contributed by atoms with Crippen LogP contribution in [0, 0.1) is 22.9 Å². The van der Waals surface area contributed by atoms with Gasteiger partial charge in [0.15, 0.2) is 23.0 Å². The van der Waals surface area contributed by atoms with E-state index >= 15 is 0 Å². The van der Waals surface area contributed by atoms with Gasteiger partial charge in [0, 0.05) is 32.4 Å². The number of ether oxygens (including phenoxy) is 1. The Morgan fingerprint density at radius 3 is 2.42 bits per heavy atom. The minimum absolute atomic E-state index is 0.00992. The molecule has 0 bridgehead atoms. The Labute approximate surface area is 279 Å². The van der Waals surface area contributed by atoms with Crippen LogP contribution >= 0.6 is 11.6 Å². The molecule has 0 spiro atoms. The number of amides is 1. The lowest BCUT2D eigenvalue weighted by Gasteiger charge is -2.25. The van der Waals surface area contributed by atoms with Gasteiger partial charge in [-0.1, -0.05) is 23.7 Å². The average Bonchev–Trinajstić information content (AvgIpc) is 3.01. The molecule has 3 aromatic carbocycles. The molecule has 1 amide bonds. The smallest absolute Gasteiger partial charge is 0.267 e. The molecular formula is C32H27ClF3N7O4S. The number of rotatable bonds is 9. The summed E-state index contributed by atoms with van der Waals surface area (Å²) >= 11 is 6.52. The zero-order chi connectivity index (χ0) is 34.9. The number of anilines is 1. The largest absolute Gasteiger partial charge is 0.436 e. The van der Waals surface area contributed by atoms with E-state index in [2.05, 4.69) is 15.3 Å². The van der Waals surface area contributed by atoms with Gasteiger partial charge in [0.25, 0.3) is 5.56 Å². The first-order valence-electron chi connectivity index (χ1n) is 14.1. The van der Waals surface area contributed by atoms with Crippen LogP contribution in [0.15, 0.2) is 71.5 Å². The standard InChI is InChI=1S/C32H27ClF3N7O4S/c1-16(44)43(48(3)46)29(38)27-21(33)9-10-24(28(27)39-2)42-31(23(37)14-17-12-18(34)15-19(35)13-17)41-30-20(32(42)45)8-11-26(40-30)47-25-7-5-4-6-22(25)36/h4-13,15,23,38-39H,14,37H2,1-3H3. The summed E-state index contributed by atoms with van der Waals surface area (Å²) in [5, 5.41) is 11.7. The maximum absolute atomic E-state index is 14.3. The Kier molecular flexibility index (Phi) is 9.93. The van der Waals surface area contributed by atoms with E-state index in [1.165, 1.54) is 55.8 Å². The summed E-state index contributed by atoms with van der Waals surface area (Å²) in [7, 11) is -0.465. The molecule has 4 N–H and O–H groups in total. The summed E-state index contributed by atoms with van der Waals surface area (Å²) in [5.74, 6) is -3.85. The highest BCUT2D eigenvalue weighted by atomic mass is 35.5. The zero-order valence-electron chi connectivity index (χ0n) is 25.6. The van der Waals surface area contributed by atoms with Crippen molar-refractivity contribution in [2.75, 3.05) is 18.6 Å². The van der Waals surface area contributed by atoms with Crippen LogP contribution in [0.5, 0.6) is 11.6 Å². The summed E-state index contributed by atoms with van der Waals surface area (Å²) in [6.07, 6.45) is 1.03. The quantitative estimate of drug-likeness (QED) is 0.137. The van der Waals surface area contributed by atoms with Crippen molar-refractivity contribution in [3.8, 4) is 17.3 Å². The molecule has 5 rings (SSSR count). The number of para-hydroxylation sites is 1. The fourth-order valence-electron chi connectivity index (χ4n) is 5.12. The number of fused-ring (bicyclic) bond motifs is 1. The third kappa shape index (κ3) is 6.79. The third-order valence-corrected chi connectivity index (χ3v) is 8.37. The maximum Gasteiger partial charge on any atom is 0.267 e. The van der Waals surface area contributed by atoms with Crippen molar-refractivity contribution in [3.63, 3.8) is 0 Å². The molecule has 0 saturated heterocycles. The second kappa shape index (κ2) is 13.9. The van der Waals surface area contributed by atoms with Crippen LogP contribution < -0.4 is 21.3 Å². The highest BCUT2D eigenvalue weighted by Gasteiger charge is 2.28. The Balaban J connectivity index is 1.76. The fourth-order valence-corrected chi connectivity index (χ4v) is 6.08. The van der Waals surface area contributed by atoms with Crippen LogP contribution in [0.3, 0.4) is 0 Å². The lowest BCUT2D eigenvalue weighted by Crippen LogP contribution is -2.37. The first-order valence-corrected chi connectivity index (χ1v) is 16.0. The number of hydrogen-bond donors (Lipinski definition) is 3. The summed E-state index contributed by atoms with van der Waals surface area (Å²) in [6, 6.07) is 12.9. The average molecular weight is 698 g/mol. The van der Waals surface area contributed by atoms with Crippen molar-refractivity contribution in [2.24, 2.45) is 5.73 Å². The second-order valence-electron chi connectivity index (χ2n) is 10.4. The molecule has 5 aromatic rings. The monoisotopic (exact) mass is 697 g/mol. The number of amidine groups is 1. The first kappa shape index (κ1) is 34.2. The van der Waals surface area contributed by atoms with Gasteiger partial charge in [0.05, 0.1) is 33.4 Å². The van der Waals surface area contributed by atoms with E-state index < -0.39 is 51.8 Å². The van der Waals surface area contributed by atoms with Crippen molar-refractivity contribution in [2.45, 2.75) is 19.4 Å².